The summed E-state index contributed by atoms with van der Waals surface area (Å²) in [7, 11) is 0. The fourth-order valence-corrected chi connectivity index (χ4v) is 6.42. The summed E-state index contributed by atoms with van der Waals surface area (Å²) >= 11 is 0. The van der Waals surface area contributed by atoms with E-state index in [1.165, 1.54) is 44.9 Å². The Morgan fingerprint density at radius 1 is 0.359 bits per heavy atom. The first-order chi connectivity index (χ1) is 31.6. The fourth-order valence-electron chi connectivity index (χ4n) is 6.42. The predicted molar refractivity (Wildman–Crippen MR) is 278 cm³/mol. The van der Waals surface area contributed by atoms with Crippen LogP contribution in [0.15, 0.2) is 134 Å². The second kappa shape index (κ2) is 53.4. The van der Waals surface area contributed by atoms with Crippen LogP contribution in [0.2, 0.25) is 0 Å². The molecule has 0 rings (SSSR count). The van der Waals surface area contributed by atoms with Gasteiger partial charge < -0.3 is 14.2 Å². The fraction of sp³-hybridized carbons (Fsp3) is 0.593. The minimum absolute atomic E-state index is 0.0276. The molecule has 0 bridgehead atoms. The molecule has 0 aromatic carbocycles. The van der Waals surface area contributed by atoms with E-state index in [2.05, 4.69) is 154 Å². The van der Waals surface area contributed by atoms with Crippen LogP contribution in [-0.4, -0.2) is 37.9 Å². The summed E-state index contributed by atoms with van der Waals surface area (Å²) in [6.45, 7) is 7.29. The molecule has 5 nitrogen and oxygen atoms in total. The minimum Gasteiger partial charge on any atom is -0.462 e. The van der Waals surface area contributed by atoms with Gasteiger partial charge in [-0.3, -0.25) is 9.59 Å². The molecule has 0 radical (unpaired) electrons. The lowest BCUT2D eigenvalue weighted by Gasteiger charge is -2.18. The molecule has 0 aromatic rings. The maximum atomic E-state index is 12.8. The summed E-state index contributed by atoms with van der Waals surface area (Å²) in [6.07, 6.45) is 76.2. The Kier molecular flexibility index (Phi) is 50.1. The lowest BCUT2D eigenvalue weighted by atomic mass is 10.1. The molecule has 5 heteroatoms. The van der Waals surface area contributed by atoms with Crippen molar-refractivity contribution in [3.63, 3.8) is 0 Å². The molecular formula is C59H94O5. The molecule has 1 atom stereocenters. The molecule has 0 heterocycles. The molecule has 0 N–H and O–H groups in total. The van der Waals surface area contributed by atoms with E-state index in [0.29, 0.717) is 19.4 Å². The molecule has 0 aromatic heterocycles. The molecule has 0 aliphatic carbocycles. The molecule has 0 spiro atoms. The first-order valence-electron chi connectivity index (χ1n) is 25.7. The summed E-state index contributed by atoms with van der Waals surface area (Å²) in [6, 6.07) is 0. The van der Waals surface area contributed by atoms with Gasteiger partial charge in [0.1, 0.15) is 6.61 Å². The van der Waals surface area contributed by atoms with Crippen LogP contribution in [0.3, 0.4) is 0 Å². The smallest absolute Gasteiger partial charge is 0.306 e. The number of carbonyl (C=O) groups excluding carboxylic acids is 2. The van der Waals surface area contributed by atoms with Crippen LogP contribution in [-0.2, 0) is 23.8 Å². The van der Waals surface area contributed by atoms with Gasteiger partial charge in [-0.05, 0) is 122 Å². The molecule has 64 heavy (non-hydrogen) atoms. The van der Waals surface area contributed by atoms with Gasteiger partial charge in [0.05, 0.1) is 13.2 Å². The Morgan fingerprint density at radius 3 is 1.14 bits per heavy atom. The lowest BCUT2D eigenvalue weighted by molar-refractivity contribution is -0.162. The molecule has 0 fully saturated rings. The summed E-state index contributed by atoms with van der Waals surface area (Å²) < 4.78 is 17.3. The highest BCUT2D eigenvalue weighted by Crippen LogP contribution is 2.12. The second-order valence-corrected chi connectivity index (χ2v) is 16.3. The van der Waals surface area contributed by atoms with Crippen molar-refractivity contribution in [3.8, 4) is 0 Å². The zero-order chi connectivity index (χ0) is 46.3. The number of hydrogen-bond acceptors (Lipinski definition) is 5. The topological polar surface area (TPSA) is 61.8 Å². The monoisotopic (exact) mass is 883 g/mol. The SMILES string of the molecule is CC/C=C\C/C=C\C/C=C\C/C=C\C/C=C\CCOCC(COC(=O)CCCCCCCC/C=C\C/C=C\C/C=C\CCCCC)OC(=O)CCCCC/C=C\C/C=C\C/C=C\CC. The van der Waals surface area contributed by atoms with Gasteiger partial charge in [0.15, 0.2) is 6.10 Å². The standard InChI is InChI=1S/C59H94O5/c1-4-7-10-13-16-19-22-25-27-29-30-31-32-35-37-40-43-46-49-52-58(60)63-56-57(64-59(61)53-50-47-44-41-38-34-24-21-18-15-12-9-6-3)55-62-54-51-48-45-42-39-36-33-28-26-23-20-17-14-11-8-5-2/h8-9,11-12,16-21,25-28,30-31,34,36,38-39,45,48,57H,4-7,10,13-15,22-24,29,32-33,35,37,40-44,46-47,49-56H2,1-3H3/b11-8-,12-9-,19-16-,20-17-,21-18-,27-25-,28-26-,31-30-,38-34-,39-36-,48-45-. The van der Waals surface area contributed by atoms with Gasteiger partial charge in [0, 0.05) is 12.8 Å². The van der Waals surface area contributed by atoms with Crippen molar-refractivity contribution in [2.24, 2.45) is 0 Å². The summed E-state index contributed by atoms with van der Waals surface area (Å²) in [5.41, 5.74) is 0. The Morgan fingerprint density at radius 2 is 0.703 bits per heavy atom. The molecule has 0 amide bonds. The van der Waals surface area contributed by atoms with Gasteiger partial charge in [0.2, 0.25) is 0 Å². The Hall–Kier alpha value is -3.96. The number of hydrogen-bond donors (Lipinski definition) is 0. The third-order valence-electron chi connectivity index (χ3n) is 10.2. The average Bonchev–Trinajstić information content (AvgIpc) is 3.30. The third kappa shape index (κ3) is 50.7. The molecule has 360 valence electrons. The van der Waals surface area contributed by atoms with Crippen molar-refractivity contribution in [2.45, 2.75) is 207 Å². The highest BCUT2D eigenvalue weighted by Gasteiger charge is 2.17. The van der Waals surface area contributed by atoms with Crippen LogP contribution in [0.1, 0.15) is 201 Å². The minimum atomic E-state index is -0.606. The zero-order valence-electron chi connectivity index (χ0n) is 41.2. The lowest BCUT2D eigenvalue weighted by Crippen LogP contribution is -2.30. The highest BCUT2D eigenvalue weighted by molar-refractivity contribution is 5.70. The molecule has 1 unspecified atom stereocenters. The van der Waals surface area contributed by atoms with Crippen molar-refractivity contribution in [2.75, 3.05) is 19.8 Å². The summed E-state index contributed by atoms with van der Waals surface area (Å²) in [5.74, 6) is -0.497. The number of carbonyl (C=O) groups is 2. The maximum Gasteiger partial charge on any atom is 0.306 e. The van der Waals surface area contributed by atoms with E-state index in [0.717, 1.165) is 122 Å². The average molecular weight is 883 g/mol. The van der Waals surface area contributed by atoms with Crippen molar-refractivity contribution < 1.29 is 23.8 Å². The van der Waals surface area contributed by atoms with Crippen molar-refractivity contribution in [1.82, 2.24) is 0 Å². The van der Waals surface area contributed by atoms with Crippen molar-refractivity contribution in [3.05, 3.63) is 134 Å². The van der Waals surface area contributed by atoms with E-state index in [-0.39, 0.29) is 25.2 Å². The first-order valence-corrected chi connectivity index (χ1v) is 25.7. The maximum absolute atomic E-state index is 12.8. The van der Waals surface area contributed by atoms with Gasteiger partial charge >= 0.3 is 11.9 Å². The molecule has 0 aliphatic heterocycles. The van der Waals surface area contributed by atoms with E-state index in [9.17, 15) is 9.59 Å². The normalized spacial score (nSPS) is 13.4. The van der Waals surface area contributed by atoms with Crippen LogP contribution in [0.25, 0.3) is 0 Å². The summed E-state index contributed by atoms with van der Waals surface area (Å²) in [5, 5.41) is 0. The number of allylic oxidation sites excluding steroid dienone is 21. The van der Waals surface area contributed by atoms with Crippen molar-refractivity contribution >= 4 is 11.9 Å². The van der Waals surface area contributed by atoms with Gasteiger partial charge in [-0.1, -0.05) is 199 Å². The number of esters is 2. The second-order valence-electron chi connectivity index (χ2n) is 16.3. The molecule has 0 saturated heterocycles. The molecular weight excluding hydrogens is 789 g/mol. The van der Waals surface area contributed by atoms with Crippen LogP contribution < -0.4 is 0 Å². The van der Waals surface area contributed by atoms with Gasteiger partial charge in [-0.15, -0.1) is 0 Å². The number of rotatable bonds is 45. The molecule has 0 saturated carbocycles. The zero-order valence-corrected chi connectivity index (χ0v) is 41.2. The van der Waals surface area contributed by atoms with Crippen molar-refractivity contribution in [1.29, 1.82) is 0 Å². The van der Waals surface area contributed by atoms with Gasteiger partial charge in [-0.2, -0.15) is 0 Å². The Balaban J connectivity index is 4.45. The Labute approximate surface area is 394 Å². The van der Waals surface area contributed by atoms with Gasteiger partial charge in [0.25, 0.3) is 0 Å². The van der Waals surface area contributed by atoms with E-state index >= 15 is 0 Å². The largest absolute Gasteiger partial charge is 0.462 e. The van der Waals surface area contributed by atoms with E-state index in [1.54, 1.807) is 0 Å². The first kappa shape index (κ1) is 60.0. The van der Waals surface area contributed by atoms with Crippen LogP contribution in [0.4, 0.5) is 0 Å². The van der Waals surface area contributed by atoms with E-state index in [4.69, 9.17) is 14.2 Å². The number of ether oxygens (including phenoxy) is 3. The van der Waals surface area contributed by atoms with Crippen LogP contribution in [0, 0.1) is 0 Å². The van der Waals surface area contributed by atoms with Crippen LogP contribution >= 0.6 is 0 Å². The predicted octanol–water partition coefficient (Wildman–Crippen LogP) is 17.6. The van der Waals surface area contributed by atoms with E-state index < -0.39 is 6.10 Å². The molecule has 0 aliphatic rings. The third-order valence-corrected chi connectivity index (χ3v) is 10.2. The quantitative estimate of drug-likeness (QED) is 0.0346. The Bertz CT molecular complexity index is 1370. The number of unbranched alkanes of at least 4 members (excludes halogenated alkanes) is 12. The summed E-state index contributed by atoms with van der Waals surface area (Å²) in [4.78, 5) is 25.4. The highest BCUT2D eigenvalue weighted by atomic mass is 16.6. The van der Waals surface area contributed by atoms with Crippen LogP contribution in [0.5, 0.6) is 0 Å². The van der Waals surface area contributed by atoms with E-state index in [1.807, 2.05) is 0 Å². The van der Waals surface area contributed by atoms with Gasteiger partial charge in [-0.25, -0.2) is 0 Å².